The second-order valence-corrected chi connectivity index (χ2v) is 6.36. The molecule has 0 aliphatic rings. The number of amides is 1. The summed E-state index contributed by atoms with van der Waals surface area (Å²) in [4.78, 5) is 15.4. The predicted molar refractivity (Wildman–Crippen MR) is 95.5 cm³/mol. The number of carbonyl (C=O) groups excluding carboxylic acids is 1. The van der Waals surface area contributed by atoms with Crippen LogP contribution in [-0.2, 0) is 6.42 Å². The lowest BCUT2D eigenvalue weighted by atomic mass is 10.1. The van der Waals surface area contributed by atoms with E-state index in [1.54, 1.807) is 0 Å². The first-order chi connectivity index (χ1) is 11.5. The Kier molecular flexibility index (Phi) is 4.78. The maximum absolute atomic E-state index is 13.8. The van der Waals surface area contributed by atoms with Crippen LogP contribution in [0.4, 0.5) is 4.39 Å². The summed E-state index contributed by atoms with van der Waals surface area (Å²) in [7, 11) is 0. The fourth-order valence-corrected chi connectivity index (χ4v) is 3.20. The molecule has 0 radical (unpaired) electrons. The molecule has 0 atom stereocenters. The van der Waals surface area contributed by atoms with Gasteiger partial charge in [0.1, 0.15) is 5.82 Å². The van der Waals surface area contributed by atoms with Crippen LogP contribution >= 0.6 is 23.2 Å². The van der Waals surface area contributed by atoms with Crippen LogP contribution in [0.1, 0.15) is 21.6 Å². The second kappa shape index (κ2) is 6.83. The van der Waals surface area contributed by atoms with E-state index in [0.717, 1.165) is 22.2 Å². The second-order valence-electron chi connectivity index (χ2n) is 5.52. The van der Waals surface area contributed by atoms with Gasteiger partial charge in [0.05, 0.1) is 10.6 Å². The highest BCUT2D eigenvalue weighted by Gasteiger charge is 2.16. The van der Waals surface area contributed by atoms with Crippen molar-refractivity contribution in [2.75, 3.05) is 6.54 Å². The molecule has 0 spiro atoms. The van der Waals surface area contributed by atoms with Crippen molar-refractivity contribution < 1.29 is 9.18 Å². The molecule has 3 aromatic rings. The minimum absolute atomic E-state index is 0.0996. The summed E-state index contributed by atoms with van der Waals surface area (Å²) < 4.78 is 13.8. The van der Waals surface area contributed by atoms with E-state index in [1.165, 1.54) is 18.2 Å². The zero-order valence-corrected chi connectivity index (χ0v) is 14.4. The van der Waals surface area contributed by atoms with E-state index in [2.05, 4.69) is 10.3 Å². The van der Waals surface area contributed by atoms with Gasteiger partial charge in [0, 0.05) is 28.2 Å². The smallest absolute Gasteiger partial charge is 0.255 e. The molecule has 0 saturated heterocycles. The van der Waals surface area contributed by atoms with E-state index >= 15 is 0 Å². The number of halogens is 3. The highest BCUT2D eigenvalue weighted by Crippen LogP contribution is 2.25. The standard InChI is InChI=1S/C18H15Cl2FN2O/c1-10-12(13-9-11(19)5-6-16(13)23-10)7-8-22-18(24)17-14(20)3-2-4-15(17)21/h2-6,9,23H,7-8H2,1H3,(H,22,24). The molecule has 0 aliphatic heterocycles. The van der Waals surface area contributed by atoms with E-state index < -0.39 is 11.7 Å². The number of aromatic amines is 1. The molecular weight excluding hydrogens is 350 g/mol. The van der Waals surface area contributed by atoms with Gasteiger partial charge in [-0.3, -0.25) is 4.79 Å². The third kappa shape index (κ3) is 3.25. The Bertz CT molecular complexity index is 901. The van der Waals surface area contributed by atoms with Gasteiger partial charge in [0.15, 0.2) is 0 Å². The van der Waals surface area contributed by atoms with Gasteiger partial charge in [-0.1, -0.05) is 29.3 Å². The summed E-state index contributed by atoms with van der Waals surface area (Å²) in [5.41, 5.74) is 2.96. The van der Waals surface area contributed by atoms with E-state index in [4.69, 9.17) is 23.2 Å². The largest absolute Gasteiger partial charge is 0.358 e. The highest BCUT2D eigenvalue weighted by atomic mass is 35.5. The van der Waals surface area contributed by atoms with Gasteiger partial charge in [-0.25, -0.2) is 4.39 Å². The molecule has 0 bridgehead atoms. The van der Waals surface area contributed by atoms with Crippen molar-refractivity contribution >= 4 is 40.0 Å². The fraction of sp³-hybridized carbons (Fsp3) is 0.167. The van der Waals surface area contributed by atoms with E-state index in [1.807, 2.05) is 25.1 Å². The molecular formula is C18H15Cl2FN2O. The first kappa shape index (κ1) is 16.8. The number of rotatable bonds is 4. The fourth-order valence-electron chi connectivity index (χ4n) is 2.78. The summed E-state index contributed by atoms with van der Waals surface area (Å²) in [5, 5.41) is 4.50. The maximum atomic E-state index is 13.8. The van der Waals surface area contributed by atoms with Crippen LogP contribution in [0, 0.1) is 12.7 Å². The van der Waals surface area contributed by atoms with Crippen molar-refractivity contribution in [2.45, 2.75) is 13.3 Å². The molecule has 1 aromatic heterocycles. The van der Waals surface area contributed by atoms with Crippen LogP contribution in [0.3, 0.4) is 0 Å². The molecule has 0 saturated carbocycles. The molecule has 2 aromatic carbocycles. The zero-order valence-electron chi connectivity index (χ0n) is 12.9. The van der Waals surface area contributed by atoms with Gasteiger partial charge in [0.25, 0.3) is 5.91 Å². The van der Waals surface area contributed by atoms with Crippen molar-refractivity contribution in [3.8, 4) is 0 Å². The molecule has 3 rings (SSSR count). The number of aryl methyl sites for hydroxylation is 1. The summed E-state index contributed by atoms with van der Waals surface area (Å²) in [6.07, 6.45) is 0.601. The lowest BCUT2D eigenvalue weighted by Crippen LogP contribution is -2.27. The molecule has 0 unspecified atom stereocenters. The van der Waals surface area contributed by atoms with E-state index in [-0.39, 0.29) is 10.6 Å². The van der Waals surface area contributed by atoms with Gasteiger partial charge < -0.3 is 10.3 Å². The lowest BCUT2D eigenvalue weighted by Gasteiger charge is -2.08. The number of hydrogen-bond donors (Lipinski definition) is 2. The molecule has 24 heavy (non-hydrogen) atoms. The SMILES string of the molecule is Cc1[nH]c2ccc(Cl)cc2c1CCNC(=O)c1c(F)cccc1Cl. The van der Waals surface area contributed by atoms with Crippen molar-refractivity contribution in [3.63, 3.8) is 0 Å². The number of carbonyl (C=O) groups is 1. The minimum atomic E-state index is -0.630. The Balaban J connectivity index is 1.74. The lowest BCUT2D eigenvalue weighted by molar-refractivity contribution is 0.0950. The van der Waals surface area contributed by atoms with Crippen molar-refractivity contribution in [2.24, 2.45) is 0 Å². The highest BCUT2D eigenvalue weighted by molar-refractivity contribution is 6.33. The number of aromatic nitrogens is 1. The summed E-state index contributed by atoms with van der Waals surface area (Å²) in [6.45, 7) is 2.34. The Hall–Kier alpha value is -2.04. The van der Waals surface area contributed by atoms with Crippen LogP contribution < -0.4 is 5.32 Å². The number of hydrogen-bond acceptors (Lipinski definition) is 1. The minimum Gasteiger partial charge on any atom is -0.358 e. The molecule has 0 aliphatic carbocycles. The average Bonchev–Trinajstić information content (AvgIpc) is 2.83. The number of fused-ring (bicyclic) bond motifs is 1. The van der Waals surface area contributed by atoms with Gasteiger partial charge in [0.2, 0.25) is 0 Å². The van der Waals surface area contributed by atoms with Crippen LogP contribution in [-0.4, -0.2) is 17.4 Å². The summed E-state index contributed by atoms with van der Waals surface area (Å²) in [6, 6.07) is 9.81. The Morgan fingerprint density at radius 3 is 2.79 bits per heavy atom. The Morgan fingerprint density at radius 2 is 2.04 bits per heavy atom. The van der Waals surface area contributed by atoms with Crippen LogP contribution in [0.5, 0.6) is 0 Å². The van der Waals surface area contributed by atoms with Crippen molar-refractivity contribution in [1.29, 1.82) is 0 Å². The summed E-state index contributed by atoms with van der Waals surface area (Å²) >= 11 is 12.0. The molecule has 3 nitrogen and oxygen atoms in total. The van der Waals surface area contributed by atoms with Gasteiger partial charge >= 0.3 is 0 Å². The van der Waals surface area contributed by atoms with Gasteiger partial charge in [-0.15, -0.1) is 0 Å². The zero-order chi connectivity index (χ0) is 17.3. The molecule has 2 N–H and O–H groups in total. The molecule has 124 valence electrons. The molecule has 0 fully saturated rings. The van der Waals surface area contributed by atoms with Gasteiger partial charge in [-0.05, 0) is 49.2 Å². The van der Waals surface area contributed by atoms with Gasteiger partial charge in [-0.2, -0.15) is 0 Å². The van der Waals surface area contributed by atoms with E-state index in [9.17, 15) is 9.18 Å². The quantitative estimate of drug-likeness (QED) is 0.679. The van der Waals surface area contributed by atoms with Crippen molar-refractivity contribution in [3.05, 3.63) is 69.1 Å². The molecule has 1 heterocycles. The first-order valence-corrected chi connectivity index (χ1v) is 8.22. The first-order valence-electron chi connectivity index (χ1n) is 7.46. The predicted octanol–water partition coefficient (Wildman–Crippen LogP) is 4.89. The topological polar surface area (TPSA) is 44.9 Å². The molecule has 6 heteroatoms. The van der Waals surface area contributed by atoms with Crippen LogP contribution in [0.2, 0.25) is 10.0 Å². The molecule has 1 amide bonds. The van der Waals surface area contributed by atoms with E-state index in [0.29, 0.717) is 18.0 Å². The van der Waals surface area contributed by atoms with Crippen LogP contribution in [0.15, 0.2) is 36.4 Å². The van der Waals surface area contributed by atoms with Crippen molar-refractivity contribution in [1.82, 2.24) is 10.3 Å². The number of H-pyrrole nitrogens is 1. The maximum Gasteiger partial charge on any atom is 0.255 e. The average molecular weight is 365 g/mol. The third-order valence-corrected chi connectivity index (χ3v) is 4.48. The third-order valence-electron chi connectivity index (χ3n) is 3.93. The summed E-state index contributed by atoms with van der Waals surface area (Å²) in [5.74, 6) is -1.15. The number of nitrogens with one attached hydrogen (secondary N) is 2. The monoisotopic (exact) mass is 364 g/mol. The normalized spacial score (nSPS) is 11.0. The Morgan fingerprint density at radius 1 is 1.25 bits per heavy atom. The van der Waals surface area contributed by atoms with Crippen LogP contribution in [0.25, 0.3) is 10.9 Å². The Labute approximate surface area is 148 Å². The number of benzene rings is 2.